The van der Waals surface area contributed by atoms with E-state index in [2.05, 4.69) is 74.1 Å². The van der Waals surface area contributed by atoms with Gasteiger partial charge in [0.1, 0.15) is 0 Å². The zero-order valence-electron chi connectivity index (χ0n) is 11.8. The van der Waals surface area contributed by atoms with Crippen LogP contribution in [0.4, 0.5) is 5.69 Å². The molecule has 0 radical (unpaired) electrons. The summed E-state index contributed by atoms with van der Waals surface area (Å²) in [6, 6.07) is 6.59. The van der Waals surface area contributed by atoms with E-state index in [0.29, 0.717) is 6.04 Å². The fourth-order valence-corrected chi connectivity index (χ4v) is 3.10. The summed E-state index contributed by atoms with van der Waals surface area (Å²) in [6.07, 6.45) is 1.02. The van der Waals surface area contributed by atoms with Gasteiger partial charge in [0.05, 0.1) is 17.2 Å². The Bertz CT molecular complexity index is 454. The maximum Gasteiger partial charge on any atom is 0.0834 e. The van der Waals surface area contributed by atoms with Crippen molar-refractivity contribution in [3.05, 3.63) is 28.2 Å². The Balaban J connectivity index is 2.22. The first-order valence-electron chi connectivity index (χ1n) is 6.43. The topological polar surface area (TPSA) is 21.3 Å². The second-order valence-corrected chi connectivity index (χ2v) is 7.13. The van der Waals surface area contributed by atoms with Gasteiger partial charge in [-0.15, -0.1) is 0 Å². The average Bonchev–Trinajstić information content (AvgIpc) is 2.42. The number of nitrogens with one attached hydrogen (secondary N) is 1. The maximum atomic E-state index is 6.12. The highest BCUT2D eigenvalue weighted by atomic mass is 79.9. The van der Waals surface area contributed by atoms with Crippen LogP contribution in [0.15, 0.2) is 22.7 Å². The summed E-state index contributed by atoms with van der Waals surface area (Å²) < 4.78 is 7.26. The van der Waals surface area contributed by atoms with Crippen molar-refractivity contribution in [1.82, 2.24) is 0 Å². The van der Waals surface area contributed by atoms with E-state index in [1.807, 2.05) is 0 Å². The van der Waals surface area contributed by atoms with Gasteiger partial charge >= 0.3 is 0 Å². The van der Waals surface area contributed by atoms with Crippen LogP contribution < -0.4 is 5.32 Å². The lowest BCUT2D eigenvalue weighted by Gasteiger charge is -2.29. The second-order valence-electron chi connectivity index (χ2n) is 6.28. The summed E-state index contributed by atoms with van der Waals surface area (Å²) in [5.41, 5.74) is 2.24. The average molecular weight is 312 g/mol. The molecule has 1 heterocycles. The maximum absolute atomic E-state index is 6.12. The van der Waals surface area contributed by atoms with Gasteiger partial charge in [-0.05, 0) is 58.7 Å². The summed E-state index contributed by atoms with van der Waals surface area (Å²) >= 11 is 3.58. The van der Waals surface area contributed by atoms with Crippen LogP contribution in [0.5, 0.6) is 0 Å². The molecule has 1 aliphatic heterocycles. The van der Waals surface area contributed by atoms with E-state index in [-0.39, 0.29) is 11.2 Å². The summed E-state index contributed by atoms with van der Waals surface area (Å²) in [4.78, 5) is 0. The number of hydrogen-bond donors (Lipinski definition) is 1. The predicted molar refractivity (Wildman–Crippen MR) is 80.1 cm³/mol. The van der Waals surface area contributed by atoms with E-state index in [4.69, 9.17) is 4.74 Å². The summed E-state index contributed by atoms with van der Waals surface area (Å²) in [6.45, 7) is 10.8. The largest absolute Gasteiger partial charge is 0.379 e. The van der Waals surface area contributed by atoms with Crippen LogP contribution in [0.2, 0.25) is 0 Å². The molecule has 1 aromatic rings. The number of benzene rings is 1. The van der Waals surface area contributed by atoms with Gasteiger partial charge in [-0.1, -0.05) is 22.0 Å². The molecule has 0 amide bonds. The van der Waals surface area contributed by atoms with Crippen LogP contribution >= 0.6 is 15.9 Å². The standard InChI is InChI=1S/C15H22BrNO/c1-10-11(16)7-6-8-12(10)17-13-9-14(2,3)18-15(13,4)5/h6-8,13,17H,9H2,1-5H3. The third-order valence-corrected chi connectivity index (χ3v) is 4.53. The van der Waals surface area contributed by atoms with Crippen LogP contribution in [0, 0.1) is 6.92 Å². The van der Waals surface area contributed by atoms with Crippen molar-refractivity contribution in [3.8, 4) is 0 Å². The molecular formula is C15H22BrNO. The van der Waals surface area contributed by atoms with E-state index >= 15 is 0 Å². The molecule has 0 aromatic heterocycles. The lowest BCUT2D eigenvalue weighted by molar-refractivity contribution is -0.0662. The van der Waals surface area contributed by atoms with Crippen molar-refractivity contribution in [2.24, 2.45) is 0 Å². The molecule has 0 bridgehead atoms. The normalized spacial score (nSPS) is 25.1. The van der Waals surface area contributed by atoms with Gasteiger partial charge in [0.2, 0.25) is 0 Å². The van der Waals surface area contributed by atoms with Gasteiger partial charge in [-0.2, -0.15) is 0 Å². The molecule has 1 aliphatic rings. The molecule has 3 heteroatoms. The molecule has 1 unspecified atom stereocenters. The zero-order chi connectivity index (χ0) is 13.6. The van der Waals surface area contributed by atoms with E-state index in [9.17, 15) is 0 Å². The molecule has 1 aromatic carbocycles. The van der Waals surface area contributed by atoms with Crippen molar-refractivity contribution in [3.63, 3.8) is 0 Å². The Kier molecular flexibility index (Phi) is 3.50. The molecule has 2 nitrogen and oxygen atoms in total. The van der Waals surface area contributed by atoms with Crippen molar-refractivity contribution in [2.75, 3.05) is 5.32 Å². The summed E-state index contributed by atoms with van der Waals surface area (Å²) in [7, 11) is 0. The van der Waals surface area contributed by atoms with Crippen LogP contribution in [-0.2, 0) is 4.74 Å². The monoisotopic (exact) mass is 311 g/mol. The van der Waals surface area contributed by atoms with E-state index < -0.39 is 0 Å². The van der Waals surface area contributed by atoms with E-state index in [0.717, 1.165) is 10.9 Å². The van der Waals surface area contributed by atoms with Crippen molar-refractivity contribution < 1.29 is 4.74 Å². The third-order valence-electron chi connectivity index (χ3n) is 3.67. The zero-order valence-corrected chi connectivity index (χ0v) is 13.4. The van der Waals surface area contributed by atoms with Crippen molar-refractivity contribution >= 4 is 21.6 Å². The molecule has 0 aliphatic carbocycles. The minimum atomic E-state index is -0.141. The highest BCUT2D eigenvalue weighted by Gasteiger charge is 2.45. The Labute approximate surface area is 118 Å². The Hall–Kier alpha value is -0.540. The van der Waals surface area contributed by atoms with Gasteiger partial charge in [-0.3, -0.25) is 0 Å². The first-order chi connectivity index (χ1) is 8.21. The lowest BCUT2D eigenvalue weighted by Crippen LogP contribution is -2.38. The van der Waals surface area contributed by atoms with E-state index in [1.54, 1.807) is 0 Å². The molecule has 100 valence electrons. The van der Waals surface area contributed by atoms with Crippen LogP contribution in [0.3, 0.4) is 0 Å². The molecule has 1 fully saturated rings. The third kappa shape index (κ3) is 2.72. The van der Waals surface area contributed by atoms with Gasteiger partial charge in [0.15, 0.2) is 0 Å². The fraction of sp³-hybridized carbons (Fsp3) is 0.600. The van der Waals surface area contributed by atoms with Crippen molar-refractivity contribution in [2.45, 2.75) is 58.3 Å². The highest BCUT2D eigenvalue weighted by Crippen LogP contribution is 2.39. The predicted octanol–water partition coefficient (Wildman–Crippen LogP) is 4.52. The van der Waals surface area contributed by atoms with Gasteiger partial charge in [-0.25, -0.2) is 0 Å². The SMILES string of the molecule is Cc1c(Br)cccc1NC1CC(C)(C)OC1(C)C. The quantitative estimate of drug-likeness (QED) is 0.867. The number of hydrogen-bond acceptors (Lipinski definition) is 2. The number of ether oxygens (including phenoxy) is 1. The van der Waals surface area contributed by atoms with Crippen LogP contribution in [0.25, 0.3) is 0 Å². The summed E-state index contributed by atoms with van der Waals surface area (Å²) in [5, 5.41) is 3.64. The Morgan fingerprint density at radius 3 is 2.50 bits per heavy atom. The lowest BCUT2D eigenvalue weighted by atomic mass is 9.94. The van der Waals surface area contributed by atoms with Gasteiger partial charge in [0.25, 0.3) is 0 Å². The molecule has 18 heavy (non-hydrogen) atoms. The Morgan fingerprint density at radius 1 is 1.28 bits per heavy atom. The van der Waals surface area contributed by atoms with Crippen molar-refractivity contribution in [1.29, 1.82) is 0 Å². The summed E-state index contributed by atoms with van der Waals surface area (Å²) in [5.74, 6) is 0. The van der Waals surface area contributed by atoms with E-state index in [1.165, 1.54) is 11.3 Å². The molecule has 1 atom stereocenters. The Morgan fingerprint density at radius 2 is 1.94 bits per heavy atom. The smallest absolute Gasteiger partial charge is 0.0834 e. The number of rotatable bonds is 2. The first-order valence-corrected chi connectivity index (χ1v) is 7.22. The minimum Gasteiger partial charge on any atom is -0.379 e. The molecule has 1 saturated heterocycles. The molecule has 2 rings (SSSR count). The van der Waals surface area contributed by atoms with Crippen LogP contribution in [-0.4, -0.2) is 17.2 Å². The van der Waals surface area contributed by atoms with Crippen LogP contribution in [0.1, 0.15) is 39.7 Å². The fourth-order valence-electron chi connectivity index (χ4n) is 2.74. The highest BCUT2D eigenvalue weighted by molar-refractivity contribution is 9.10. The van der Waals surface area contributed by atoms with Gasteiger partial charge < -0.3 is 10.1 Å². The molecule has 0 spiro atoms. The molecule has 1 N–H and O–H groups in total. The molecule has 0 saturated carbocycles. The second kappa shape index (κ2) is 4.53. The van der Waals surface area contributed by atoms with Gasteiger partial charge in [0, 0.05) is 10.2 Å². The first kappa shape index (κ1) is 13.9. The minimum absolute atomic E-state index is 0.0545. The number of anilines is 1. The molecular weight excluding hydrogens is 290 g/mol. The number of halogens is 1.